The molecule has 18 heavy (non-hydrogen) atoms. The van der Waals surface area contributed by atoms with E-state index in [1.807, 2.05) is 0 Å². The molecule has 100 valence electrons. The second kappa shape index (κ2) is 6.50. The third-order valence-electron chi connectivity index (χ3n) is 3.41. The summed E-state index contributed by atoms with van der Waals surface area (Å²) in [6, 6.07) is 4.96. The fourth-order valence-electron chi connectivity index (χ4n) is 2.53. The van der Waals surface area contributed by atoms with Crippen LogP contribution >= 0.6 is 11.6 Å². The molecule has 0 saturated carbocycles. The van der Waals surface area contributed by atoms with Crippen molar-refractivity contribution >= 4 is 11.6 Å². The van der Waals surface area contributed by atoms with Gasteiger partial charge in [0.05, 0.1) is 5.02 Å². The molecule has 1 N–H and O–H groups in total. The first kappa shape index (κ1) is 13.8. The van der Waals surface area contributed by atoms with Crippen LogP contribution in [0.3, 0.4) is 0 Å². The molecule has 0 aliphatic carbocycles. The van der Waals surface area contributed by atoms with Crippen LogP contribution in [0.1, 0.15) is 18.4 Å². The average molecular weight is 271 g/mol. The lowest BCUT2D eigenvalue weighted by Gasteiger charge is -2.27. The molecule has 2 rings (SSSR count). The Morgan fingerprint density at radius 1 is 1.50 bits per heavy atom. The van der Waals surface area contributed by atoms with Crippen LogP contribution < -0.4 is 5.32 Å². The Hall–Kier alpha value is -0.640. The van der Waals surface area contributed by atoms with Crippen LogP contribution in [-0.2, 0) is 6.54 Å². The van der Waals surface area contributed by atoms with Gasteiger partial charge in [0, 0.05) is 13.1 Å². The summed E-state index contributed by atoms with van der Waals surface area (Å²) < 4.78 is 13.1. The average Bonchev–Trinajstić information content (AvgIpc) is 2.35. The Balaban J connectivity index is 1.85. The Morgan fingerprint density at radius 3 is 3.00 bits per heavy atom. The number of halogens is 2. The monoisotopic (exact) mass is 270 g/mol. The summed E-state index contributed by atoms with van der Waals surface area (Å²) in [5.74, 6) is 0.374. The number of piperidine rings is 1. The minimum atomic E-state index is -0.348. The molecule has 4 heteroatoms. The zero-order chi connectivity index (χ0) is 13.0. The number of nitrogens with one attached hydrogen (secondary N) is 1. The van der Waals surface area contributed by atoms with Gasteiger partial charge in [-0.15, -0.1) is 0 Å². The van der Waals surface area contributed by atoms with Crippen LogP contribution in [0, 0.1) is 11.7 Å². The van der Waals surface area contributed by atoms with E-state index in [1.165, 1.54) is 18.9 Å². The van der Waals surface area contributed by atoms with E-state index in [-0.39, 0.29) is 10.8 Å². The summed E-state index contributed by atoms with van der Waals surface area (Å²) in [6.07, 6.45) is 2.56. The molecule has 1 aliphatic heterocycles. The summed E-state index contributed by atoms with van der Waals surface area (Å²) >= 11 is 5.79. The van der Waals surface area contributed by atoms with E-state index in [0.717, 1.165) is 37.7 Å². The van der Waals surface area contributed by atoms with Crippen molar-refractivity contribution in [3.8, 4) is 0 Å². The van der Waals surface area contributed by atoms with Gasteiger partial charge in [-0.2, -0.15) is 0 Å². The molecule has 0 aromatic heterocycles. The molecular formula is C14H20ClFN2. The lowest BCUT2D eigenvalue weighted by Crippen LogP contribution is -2.36. The Morgan fingerprint density at radius 2 is 2.33 bits per heavy atom. The predicted octanol–water partition coefficient (Wildman–Crippen LogP) is 2.91. The summed E-state index contributed by atoms with van der Waals surface area (Å²) in [7, 11) is 2.10. The molecule has 1 aromatic rings. The molecule has 1 saturated heterocycles. The fourth-order valence-corrected chi connectivity index (χ4v) is 2.74. The second-order valence-electron chi connectivity index (χ2n) is 5.16. The van der Waals surface area contributed by atoms with Gasteiger partial charge >= 0.3 is 0 Å². The fraction of sp³-hybridized carbons (Fsp3) is 0.571. The van der Waals surface area contributed by atoms with Crippen LogP contribution in [0.2, 0.25) is 5.02 Å². The molecule has 1 atom stereocenters. The van der Waals surface area contributed by atoms with Crippen molar-refractivity contribution in [3.05, 3.63) is 34.6 Å². The number of hydrogen-bond donors (Lipinski definition) is 1. The zero-order valence-electron chi connectivity index (χ0n) is 10.8. The molecule has 0 radical (unpaired) electrons. The first-order valence-electron chi connectivity index (χ1n) is 6.48. The van der Waals surface area contributed by atoms with Crippen molar-refractivity contribution in [2.45, 2.75) is 19.4 Å². The molecule has 1 aromatic carbocycles. The van der Waals surface area contributed by atoms with Crippen molar-refractivity contribution in [1.82, 2.24) is 10.2 Å². The van der Waals surface area contributed by atoms with E-state index in [4.69, 9.17) is 11.6 Å². The predicted molar refractivity (Wildman–Crippen MR) is 73.3 cm³/mol. The topological polar surface area (TPSA) is 15.3 Å². The summed E-state index contributed by atoms with van der Waals surface area (Å²) in [6.45, 7) is 4.14. The third-order valence-corrected chi connectivity index (χ3v) is 3.69. The van der Waals surface area contributed by atoms with E-state index in [1.54, 1.807) is 12.1 Å². The van der Waals surface area contributed by atoms with E-state index in [0.29, 0.717) is 0 Å². The lowest BCUT2D eigenvalue weighted by atomic mass is 9.99. The van der Waals surface area contributed by atoms with Gasteiger partial charge < -0.3 is 10.2 Å². The van der Waals surface area contributed by atoms with Gasteiger partial charge in [0.25, 0.3) is 0 Å². The summed E-state index contributed by atoms with van der Waals surface area (Å²) in [4.78, 5) is 2.28. The number of benzene rings is 1. The molecule has 1 aliphatic rings. The van der Waals surface area contributed by atoms with Crippen molar-refractivity contribution in [1.29, 1.82) is 0 Å². The largest absolute Gasteiger partial charge is 0.316 e. The van der Waals surface area contributed by atoms with Gasteiger partial charge in [-0.25, -0.2) is 4.39 Å². The molecule has 0 spiro atoms. The highest BCUT2D eigenvalue weighted by Gasteiger charge is 2.15. The van der Waals surface area contributed by atoms with Crippen molar-refractivity contribution in [2.75, 3.05) is 26.7 Å². The SMILES string of the molecule is CN(Cc1ccc(F)c(Cl)c1)CC1CCCNC1. The molecule has 0 amide bonds. The maximum Gasteiger partial charge on any atom is 0.141 e. The maximum absolute atomic E-state index is 13.1. The zero-order valence-corrected chi connectivity index (χ0v) is 11.5. The Labute approximate surface area is 113 Å². The smallest absolute Gasteiger partial charge is 0.141 e. The van der Waals surface area contributed by atoms with Gasteiger partial charge in [0.15, 0.2) is 0 Å². The molecule has 1 heterocycles. The highest BCUT2D eigenvalue weighted by atomic mass is 35.5. The van der Waals surface area contributed by atoms with Crippen LogP contribution in [0.25, 0.3) is 0 Å². The van der Waals surface area contributed by atoms with E-state index in [2.05, 4.69) is 17.3 Å². The molecule has 0 bridgehead atoms. The maximum atomic E-state index is 13.1. The van der Waals surface area contributed by atoms with Crippen molar-refractivity contribution < 1.29 is 4.39 Å². The van der Waals surface area contributed by atoms with Gasteiger partial charge in [-0.3, -0.25) is 0 Å². The highest BCUT2D eigenvalue weighted by molar-refractivity contribution is 6.30. The van der Waals surface area contributed by atoms with Crippen LogP contribution in [0.4, 0.5) is 4.39 Å². The molecule has 1 fully saturated rings. The summed E-state index contributed by atoms with van der Waals surface area (Å²) in [5, 5.41) is 3.63. The first-order chi connectivity index (χ1) is 8.65. The normalized spacial score (nSPS) is 20.3. The van der Waals surface area contributed by atoms with Gasteiger partial charge in [0.1, 0.15) is 5.82 Å². The first-order valence-corrected chi connectivity index (χ1v) is 6.86. The van der Waals surface area contributed by atoms with Crippen LogP contribution in [0.5, 0.6) is 0 Å². The van der Waals surface area contributed by atoms with E-state index in [9.17, 15) is 4.39 Å². The van der Waals surface area contributed by atoms with Gasteiger partial charge in [-0.1, -0.05) is 17.7 Å². The second-order valence-corrected chi connectivity index (χ2v) is 5.56. The summed E-state index contributed by atoms with van der Waals surface area (Å²) in [5.41, 5.74) is 1.06. The number of hydrogen-bond acceptors (Lipinski definition) is 2. The van der Waals surface area contributed by atoms with Gasteiger partial charge in [0.2, 0.25) is 0 Å². The quantitative estimate of drug-likeness (QED) is 0.905. The Kier molecular flexibility index (Phi) is 4.98. The highest BCUT2D eigenvalue weighted by Crippen LogP contribution is 2.18. The standard InChI is InChI=1S/C14H20ClFN2/c1-18(10-12-3-2-6-17-8-12)9-11-4-5-14(16)13(15)7-11/h4-5,7,12,17H,2-3,6,8-10H2,1H3. The molecule has 2 nitrogen and oxygen atoms in total. The minimum absolute atomic E-state index is 0.209. The van der Waals surface area contributed by atoms with Crippen LogP contribution in [0.15, 0.2) is 18.2 Å². The third kappa shape index (κ3) is 3.94. The number of nitrogens with zero attached hydrogens (tertiary/aromatic N) is 1. The van der Waals surface area contributed by atoms with Crippen molar-refractivity contribution in [3.63, 3.8) is 0 Å². The number of rotatable bonds is 4. The van der Waals surface area contributed by atoms with Crippen LogP contribution in [-0.4, -0.2) is 31.6 Å². The molecule has 1 unspecified atom stereocenters. The lowest BCUT2D eigenvalue weighted by molar-refractivity contribution is 0.237. The molecular weight excluding hydrogens is 251 g/mol. The minimum Gasteiger partial charge on any atom is -0.316 e. The van der Waals surface area contributed by atoms with E-state index >= 15 is 0 Å². The van der Waals surface area contributed by atoms with Gasteiger partial charge in [-0.05, 0) is 56.6 Å². The van der Waals surface area contributed by atoms with E-state index < -0.39 is 0 Å². The van der Waals surface area contributed by atoms with Crippen molar-refractivity contribution in [2.24, 2.45) is 5.92 Å². The Bertz CT molecular complexity index is 391.